The molecule has 0 aliphatic rings. The van der Waals surface area contributed by atoms with E-state index < -0.39 is 0 Å². The lowest BCUT2D eigenvalue weighted by molar-refractivity contribution is 0.0979. The van der Waals surface area contributed by atoms with Gasteiger partial charge in [-0.15, -0.1) is 0 Å². The molecule has 0 radical (unpaired) electrons. The number of hydrogen-bond acceptors (Lipinski definition) is 4. The van der Waals surface area contributed by atoms with E-state index in [2.05, 4.69) is 44.9 Å². The van der Waals surface area contributed by atoms with Gasteiger partial charge in [-0.05, 0) is 69.5 Å². The molecule has 0 unspecified atom stereocenters. The minimum Gasteiger partial charge on any atom is -0.278 e. The van der Waals surface area contributed by atoms with E-state index in [0.717, 1.165) is 21.5 Å². The number of thiazole rings is 1. The van der Waals surface area contributed by atoms with Crippen molar-refractivity contribution in [1.29, 1.82) is 0 Å². The molecule has 4 rings (SSSR count). The van der Waals surface area contributed by atoms with Gasteiger partial charge in [0.15, 0.2) is 10.8 Å². The van der Waals surface area contributed by atoms with Crippen LogP contribution in [-0.4, -0.2) is 20.7 Å². The molecule has 1 amide bonds. The van der Waals surface area contributed by atoms with Gasteiger partial charge in [0.25, 0.3) is 5.91 Å². The number of carbonyl (C=O) groups excluding carboxylic acids is 1. The average Bonchev–Trinajstić information content (AvgIpc) is 3.30. The highest BCUT2D eigenvalue weighted by atomic mass is 32.1. The van der Waals surface area contributed by atoms with Crippen LogP contribution >= 0.6 is 11.3 Å². The topological polar surface area (TPSA) is 51.0 Å². The molecule has 0 N–H and O–H groups in total. The first-order valence-corrected chi connectivity index (χ1v) is 10.9. The van der Waals surface area contributed by atoms with Gasteiger partial charge in [0.1, 0.15) is 0 Å². The van der Waals surface area contributed by atoms with Crippen LogP contribution in [-0.2, 0) is 6.54 Å². The van der Waals surface area contributed by atoms with Crippen LogP contribution in [0.4, 0.5) is 5.13 Å². The zero-order chi connectivity index (χ0) is 21.4. The first kappa shape index (κ1) is 20.3. The summed E-state index contributed by atoms with van der Waals surface area (Å²) < 4.78 is 2.97. The molecular formula is C24H26N4OS. The smallest absolute Gasteiger partial charge is 0.278 e. The summed E-state index contributed by atoms with van der Waals surface area (Å²) in [6.45, 7) is 10.7. The van der Waals surface area contributed by atoms with Crippen LogP contribution in [0.5, 0.6) is 0 Å². The largest absolute Gasteiger partial charge is 0.280 e. The normalized spacial score (nSPS) is 11.4. The molecule has 2 heterocycles. The van der Waals surface area contributed by atoms with Gasteiger partial charge in [-0.1, -0.05) is 41.7 Å². The molecule has 0 aliphatic carbocycles. The fourth-order valence-corrected chi connectivity index (χ4v) is 4.57. The van der Waals surface area contributed by atoms with Crippen molar-refractivity contribution in [3.8, 4) is 0 Å². The number of fused-ring (bicyclic) bond motifs is 1. The van der Waals surface area contributed by atoms with Crippen LogP contribution in [0.2, 0.25) is 0 Å². The summed E-state index contributed by atoms with van der Waals surface area (Å²) in [4.78, 5) is 20.1. The third-order valence-corrected chi connectivity index (χ3v) is 6.32. The van der Waals surface area contributed by atoms with Crippen molar-refractivity contribution >= 4 is 32.6 Å². The van der Waals surface area contributed by atoms with Gasteiger partial charge in [0.05, 0.1) is 16.8 Å². The molecule has 2 aromatic heterocycles. The van der Waals surface area contributed by atoms with Crippen molar-refractivity contribution in [2.24, 2.45) is 0 Å². The van der Waals surface area contributed by atoms with Gasteiger partial charge in [0, 0.05) is 11.7 Å². The molecule has 2 aromatic carbocycles. The molecule has 0 atom stereocenters. The Morgan fingerprint density at radius 3 is 2.43 bits per heavy atom. The van der Waals surface area contributed by atoms with Gasteiger partial charge >= 0.3 is 0 Å². The number of carbonyl (C=O) groups is 1. The third kappa shape index (κ3) is 3.87. The van der Waals surface area contributed by atoms with Crippen molar-refractivity contribution in [3.63, 3.8) is 0 Å². The Morgan fingerprint density at radius 1 is 1.07 bits per heavy atom. The van der Waals surface area contributed by atoms with Gasteiger partial charge in [0.2, 0.25) is 0 Å². The minimum atomic E-state index is -0.131. The van der Waals surface area contributed by atoms with Gasteiger partial charge in [-0.25, -0.2) is 4.98 Å². The Bertz CT molecular complexity index is 1170. The number of aromatic nitrogens is 3. The maximum atomic E-state index is 13.6. The molecule has 0 spiro atoms. The minimum absolute atomic E-state index is 0.131. The zero-order valence-electron chi connectivity index (χ0n) is 18.0. The van der Waals surface area contributed by atoms with E-state index in [9.17, 15) is 4.79 Å². The van der Waals surface area contributed by atoms with Crippen LogP contribution in [0.1, 0.15) is 52.8 Å². The van der Waals surface area contributed by atoms with Crippen molar-refractivity contribution in [1.82, 2.24) is 14.8 Å². The summed E-state index contributed by atoms with van der Waals surface area (Å²) in [5.41, 5.74) is 5.83. The van der Waals surface area contributed by atoms with Crippen molar-refractivity contribution in [2.75, 3.05) is 4.90 Å². The highest BCUT2D eigenvalue weighted by Crippen LogP contribution is 2.32. The number of aryl methyl sites for hydroxylation is 3. The Morgan fingerprint density at radius 2 is 1.77 bits per heavy atom. The lowest BCUT2D eigenvalue weighted by atomic mass is 10.1. The van der Waals surface area contributed by atoms with Crippen molar-refractivity contribution in [3.05, 3.63) is 76.6 Å². The molecule has 30 heavy (non-hydrogen) atoms. The summed E-state index contributed by atoms with van der Waals surface area (Å²) in [5.74, 6) is -0.131. The van der Waals surface area contributed by atoms with Crippen LogP contribution < -0.4 is 4.90 Å². The Labute approximate surface area is 181 Å². The molecule has 154 valence electrons. The maximum Gasteiger partial charge on any atom is 0.280 e. The Kier molecular flexibility index (Phi) is 5.43. The second-order valence-corrected chi connectivity index (χ2v) is 9.00. The first-order valence-electron chi connectivity index (χ1n) is 10.1. The standard InChI is InChI=1S/C24H26N4OS/c1-15(2)28-18(5)13-21(26-28)23(29)27(14-19-9-7-6-8-10-19)24-25-20-11-16(3)17(4)12-22(20)30-24/h6-13,15H,14H2,1-5H3. The monoisotopic (exact) mass is 418 g/mol. The predicted molar refractivity (Wildman–Crippen MR) is 123 cm³/mol. The molecule has 0 bridgehead atoms. The van der Waals surface area contributed by atoms with Crippen molar-refractivity contribution in [2.45, 2.75) is 47.2 Å². The van der Waals surface area contributed by atoms with E-state index in [1.807, 2.05) is 48.0 Å². The number of amides is 1. The summed E-state index contributed by atoms with van der Waals surface area (Å²) in [6.07, 6.45) is 0. The lowest BCUT2D eigenvalue weighted by Crippen LogP contribution is -2.30. The first-order chi connectivity index (χ1) is 14.3. The van der Waals surface area contributed by atoms with Gasteiger partial charge < -0.3 is 0 Å². The summed E-state index contributed by atoms with van der Waals surface area (Å²) in [6, 6.07) is 16.3. The molecule has 6 heteroatoms. The molecule has 5 nitrogen and oxygen atoms in total. The molecule has 0 saturated heterocycles. The molecule has 4 aromatic rings. The SMILES string of the molecule is Cc1cc2nc(N(Cc3ccccc3)C(=O)c3cc(C)n(C(C)C)n3)sc2cc1C. The quantitative estimate of drug-likeness (QED) is 0.409. The summed E-state index contributed by atoms with van der Waals surface area (Å²) in [7, 11) is 0. The highest BCUT2D eigenvalue weighted by Gasteiger charge is 2.25. The second-order valence-electron chi connectivity index (χ2n) is 7.99. The predicted octanol–water partition coefficient (Wildman–Crippen LogP) is 5.85. The summed E-state index contributed by atoms with van der Waals surface area (Å²) >= 11 is 1.55. The van der Waals surface area contributed by atoms with Crippen molar-refractivity contribution < 1.29 is 4.79 Å². The van der Waals surface area contributed by atoms with E-state index >= 15 is 0 Å². The number of nitrogens with zero attached hydrogens (tertiary/aromatic N) is 4. The lowest BCUT2D eigenvalue weighted by Gasteiger charge is -2.19. The number of benzene rings is 2. The summed E-state index contributed by atoms with van der Waals surface area (Å²) in [5, 5.41) is 5.28. The molecule has 0 fully saturated rings. The number of rotatable bonds is 5. The molecular weight excluding hydrogens is 392 g/mol. The Balaban J connectivity index is 1.78. The van der Waals surface area contributed by atoms with E-state index in [0.29, 0.717) is 17.4 Å². The second kappa shape index (κ2) is 8.03. The van der Waals surface area contributed by atoms with Gasteiger partial charge in [-0.3, -0.25) is 14.4 Å². The number of hydrogen-bond donors (Lipinski definition) is 0. The average molecular weight is 419 g/mol. The van der Waals surface area contributed by atoms with E-state index in [-0.39, 0.29) is 11.9 Å². The third-order valence-electron chi connectivity index (χ3n) is 5.28. The highest BCUT2D eigenvalue weighted by molar-refractivity contribution is 7.22. The van der Waals surface area contributed by atoms with Crippen LogP contribution in [0.3, 0.4) is 0 Å². The fourth-order valence-electron chi connectivity index (χ4n) is 3.53. The zero-order valence-corrected chi connectivity index (χ0v) is 18.8. The van der Waals surface area contributed by atoms with E-state index in [4.69, 9.17) is 4.98 Å². The fraction of sp³-hybridized carbons (Fsp3) is 0.292. The van der Waals surface area contributed by atoms with Gasteiger partial charge in [-0.2, -0.15) is 5.10 Å². The van der Waals surface area contributed by atoms with Crippen LogP contribution in [0.25, 0.3) is 10.2 Å². The maximum absolute atomic E-state index is 13.6. The number of anilines is 1. The molecule has 0 aliphatic heterocycles. The van der Waals surface area contributed by atoms with E-state index in [1.54, 1.807) is 16.2 Å². The van der Waals surface area contributed by atoms with Crippen LogP contribution in [0, 0.1) is 20.8 Å². The Hall–Kier alpha value is -2.99. The van der Waals surface area contributed by atoms with Crippen LogP contribution in [0.15, 0.2) is 48.5 Å². The van der Waals surface area contributed by atoms with E-state index in [1.165, 1.54) is 11.1 Å². The molecule has 0 saturated carbocycles.